The van der Waals surface area contributed by atoms with E-state index in [-0.39, 0.29) is 28.9 Å². The quantitative estimate of drug-likeness (QED) is 0.904. The number of benzene rings is 1. The summed E-state index contributed by atoms with van der Waals surface area (Å²) in [7, 11) is 0. The van der Waals surface area contributed by atoms with Gasteiger partial charge in [0.25, 0.3) is 0 Å². The van der Waals surface area contributed by atoms with Crippen molar-refractivity contribution in [2.75, 3.05) is 19.7 Å². The minimum absolute atomic E-state index is 0.0413. The predicted octanol–water partition coefficient (Wildman–Crippen LogP) is 1.98. The molecule has 1 spiro atoms. The van der Waals surface area contributed by atoms with E-state index < -0.39 is 0 Å². The lowest BCUT2D eigenvalue weighted by Gasteiger charge is -2.43. The van der Waals surface area contributed by atoms with E-state index in [4.69, 9.17) is 4.74 Å². The molecule has 5 heteroatoms. The molecule has 2 saturated carbocycles. The third kappa shape index (κ3) is 1.93. The Kier molecular flexibility index (Phi) is 2.70. The summed E-state index contributed by atoms with van der Waals surface area (Å²) >= 11 is 0. The number of cyclic esters (lactones) is 1. The fourth-order valence-corrected chi connectivity index (χ4v) is 5.01. The first kappa shape index (κ1) is 14.3. The molecule has 0 unspecified atom stereocenters. The molecule has 2 aliphatic heterocycles. The highest BCUT2D eigenvalue weighted by molar-refractivity contribution is 5.82. The second kappa shape index (κ2) is 4.52. The lowest BCUT2D eigenvalue weighted by Crippen LogP contribution is -2.58. The molecule has 2 aliphatic carbocycles. The summed E-state index contributed by atoms with van der Waals surface area (Å²) in [5, 5.41) is 2.87. The molecule has 126 valence electrons. The van der Waals surface area contributed by atoms with Crippen molar-refractivity contribution in [1.82, 2.24) is 10.2 Å². The number of piperidine rings is 1. The molecule has 24 heavy (non-hydrogen) atoms. The molecule has 0 aromatic heterocycles. The number of carbonyl (C=O) groups is 2. The molecular formula is C19H22N2O3. The van der Waals surface area contributed by atoms with Crippen LogP contribution in [-0.2, 0) is 14.9 Å². The number of nitrogens with zero attached hydrogens (tertiary/aromatic N) is 1. The molecule has 2 atom stereocenters. The number of nitrogens with one attached hydrogen (secondary N) is 1. The normalized spacial score (nSPS) is 39.2. The molecule has 0 bridgehead atoms. The van der Waals surface area contributed by atoms with Crippen LogP contribution in [0, 0.1) is 18.8 Å². The van der Waals surface area contributed by atoms with E-state index in [1.54, 1.807) is 0 Å². The van der Waals surface area contributed by atoms with Gasteiger partial charge in [0.15, 0.2) is 0 Å². The van der Waals surface area contributed by atoms with E-state index in [0.717, 1.165) is 25.9 Å². The highest BCUT2D eigenvalue weighted by atomic mass is 16.6. The highest BCUT2D eigenvalue weighted by Crippen LogP contribution is 2.59. The number of carbonyl (C=O) groups excluding carboxylic acids is 2. The Labute approximate surface area is 141 Å². The van der Waals surface area contributed by atoms with Gasteiger partial charge < -0.3 is 15.0 Å². The number of amides is 2. The van der Waals surface area contributed by atoms with E-state index in [1.165, 1.54) is 17.5 Å². The summed E-state index contributed by atoms with van der Waals surface area (Å²) in [5.41, 5.74) is 2.60. The van der Waals surface area contributed by atoms with Crippen molar-refractivity contribution in [1.29, 1.82) is 0 Å². The molecule has 1 aromatic rings. The van der Waals surface area contributed by atoms with Crippen molar-refractivity contribution in [2.45, 2.75) is 37.1 Å². The van der Waals surface area contributed by atoms with Crippen molar-refractivity contribution < 1.29 is 14.3 Å². The molecule has 2 heterocycles. The van der Waals surface area contributed by atoms with E-state index in [0.29, 0.717) is 12.5 Å². The SMILES string of the molecule is Cc1ccc([C@@]23C[C@@H]2CN(C(=O)[C@H]2C[C@]4(COC(=O)N4)C2)C3)cc1. The van der Waals surface area contributed by atoms with Crippen LogP contribution in [0.25, 0.3) is 0 Å². The van der Waals surface area contributed by atoms with E-state index in [1.807, 2.05) is 0 Å². The first-order chi connectivity index (χ1) is 11.5. The molecule has 5 rings (SSSR count). The second-order valence-electron chi connectivity index (χ2n) is 8.23. The molecule has 4 aliphatic rings. The smallest absolute Gasteiger partial charge is 0.407 e. The zero-order chi connectivity index (χ0) is 16.5. The number of ether oxygens (including phenoxy) is 1. The van der Waals surface area contributed by atoms with Crippen molar-refractivity contribution in [3.05, 3.63) is 35.4 Å². The van der Waals surface area contributed by atoms with Crippen LogP contribution in [0.2, 0.25) is 0 Å². The maximum atomic E-state index is 12.8. The number of hydrogen-bond donors (Lipinski definition) is 1. The highest BCUT2D eigenvalue weighted by Gasteiger charge is 2.63. The number of aryl methyl sites for hydroxylation is 1. The van der Waals surface area contributed by atoms with Crippen LogP contribution in [0.4, 0.5) is 4.79 Å². The molecule has 0 radical (unpaired) electrons. The van der Waals surface area contributed by atoms with Crippen LogP contribution >= 0.6 is 0 Å². The summed E-state index contributed by atoms with van der Waals surface area (Å²) in [6.45, 7) is 4.25. The summed E-state index contributed by atoms with van der Waals surface area (Å²) in [6, 6.07) is 8.80. The minimum atomic E-state index is -0.346. The lowest BCUT2D eigenvalue weighted by atomic mass is 9.68. The van der Waals surface area contributed by atoms with E-state index in [2.05, 4.69) is 41.4 Å². The van der Waals surface area contributed by atoms with Crippen molar-refractivity contribution in [3.63, 3.8) is 0 Å². The molecule has 5 nitrogen and oxygen atoms in total. The molecule has 4 fully saturated rings. The lowest BCUT2D eigenvalue weighted by molar-refractivity contribution is -0.140. The van der Waals surface area contributed by atoms with Gasteiger partial charge in [0, 0.05) is 24.4 Å². The molecule has 1 aromatic carbocycles. The van der Waals surface area contributed by atoms with Gasteiger partial charge in [-0.25, -0.2) is 4.79 Å². The minimum Gasteiger partial charge on any atom is -0.447 e. The number of likely N-dealkylation sites (tertiary alicyclic amines) is 1. The summed E-state index contributed by atoms with van der Waals surface area (Å²) in [6.07, 6.45) is 2.30. The van der Waals surface area contributed by atoms with Gasteiger partial charge in [0.05, 0.1) is 5.54 Å². The first-order valence-corrected chi connectivity index (χ1v) is 8.81. The van der Waals surface area contributed by atoms with Crippen molar-refractivity contribution in [3.8, 4) is 0 Å². The predicted molar refractivity (Wildman–Crippen MR) is 87.5 cm³/mol. The summed E-state index contributed by atoms with van der Waals surface area (Å²) < 4.78 is 5.00. The van der Waals surface area contributed by atoms with Crippen LogP contribution in [0.15, 0.2) is 24.3 Å². The fourth-order valence-electron chi connectivity index (χ4n) is 5.01. The third-order valence-corrected chi connectivity index (χ3v) is 6.55. The average molecular weight is 326 g/mol. The number of fused-ring (bicyclic) bond motifs is 1. The van der Waals surface area contributed by atoms with Crippen molar-refractivity contribution in [2.24, 2.45) is 11.8 Å². The monoisotopic (exact) mass is 326 g/mol. The molecule has 2 amide bonds. The zero-order valence-corrected chi connectivity index (χ0v) is 13.9. The van der Waals surface area contributed by atoms with Gasteiger partial charge in [0.1, 0.15) is 6.61 Å². The number of alkyl carbamates (subject to hydrolysis) is 1. The first-order valence-electron chi connectivity index (χ1n) is 8.81. The van der Waals surface area contributed by atoms with Gasteiger partial charge in [-0.05, 0) is 37.7 Å². The Morgan fingerprint density at radius 3 is 2.67 bits per heavy atom. The van der Waals surface area contributed by atoms with E-state index in [9.17, 15) is 9.59 Å². The summed E-state index contributed by atoms with van der Waals surface area (Å²) in [4.78, 5) is 26.1. The Hall–Kier alpha value is -2.04. The van der Waals surface area contributed by atoms with Gasteiger partial charge in [-0.1, -0.05) is 29.8 Å². The van der Waals surface area contributed by atoms with Crippen LogP contribution in [0.3, 0.4) is 0 Å². The zero-order valence-electron chi connectivity index (χ0n) is 13.9. The molecular weight excluding hydrogens is 304 g/mol. The molecule has 1 N–H and O–H groups in total. The topological polar surface area (TPSA) is 58.6 Å². The van der Waals surface area contributed by atoms with E-state index >= 15 is 0 Å². The van der Waals surface area contributed by atoms with Gasteiger partial charge in [-0.15, -0.1) is 0 Å². The van der Waals surface area contributed by atoms with Gasteiger partial charge >= 0.3 is 6.09 Å². The Morgan fingerprint density at radius 1 is 1.25 bits per heavy atom. The van der Waals surface area contributed by atoms with Gasteiger partial charge in [0.2, 0.25) is 5.91 Å². The van der Waals surface area contributed by atoms with Crippen LogP contribution < -0.4 is 5.32 Å². The van der Waals surface area contributed by atoms with Crippen LogP contribution in [-0.4, -0.2) is 42.1 Å². The largest absolute Gasteiger partial charge is 0.447 e. The van der Waals surface area contributed by atoms with Gasteiger partial charge in [-0.2, -0.15) is 0 Å². The Balaban J connectivity index is 1.25. The third-order valence-electron chi connectivity index (χ3n) is 6.55. The Morgan fingerprint density at radius 2 is 2.00 bits per heavy atom. The number of hydrogen-bond acceptors (Lipinski definition) is 3. The maximum absolute atomic E-state index is 12.8. The van der Waals surface area contributed by atoms with Crippen LogP contribution in [0.1, 0.15) is 30.4 Å². The number of rotatable bonds is 2. The maximum Gasteiger partial charge on any atom is 0.407 e. The standard InChI is InChI=1S/C19H22N2O3/c1-12-2-4-14(5-3-12)19-8-15(19)9-21(10-19)16(22)13-6-18(7-13)11-24-17(23)20-18/h2-5,13,15H,6-11H2,1H3,(H,20,23)/t13-,15-,18+,19+/m1/s1. The van der Waals surface area contributed by atoms with Gasteiger partial charge in [-0.3, -0.25) is 4.79 Å². The Bertz CT molecular complexity index is 723. The molecule has 2 saturated heterocycles. The van der Waals surface area contributed by atoms with Crippen LogP contribution in [0.5, 0.6) is 0 Å². The summed E-state index contributed by atoms with van der Waals surface area (Å²) in [5.74, 6) is 0.924. The van der Waals surface area contributed by atoms with Crippen molar-refractivity contribution >= 4 is 12.0 Å². The fraction of sp³-hybridized carbons (Fsp3) is 0.579. The second-order valence-corrected chi connectivity index (χ2v) is 8.23. The average Bonchev–Trinajstić information content (AvgIpc) is 2.90.